The third kappa shape index (κ3) is 6.47. The largest absolute Gasteiger partial charge is 0.492 e. The van der Waals surface area contributed by atoms with Crippen molar-refractivity contribution >= 4 is 23.5 Å². The van der Waals surface area contributed by atoms with E-state index in [4.69, 9.17) is 21.1 Å². The van der Waals surface area contributed by atoms with E-state index in [0.29, 0.717) is 29.5 Å². The van der Waals surface area contributed by atoms with Gasteiger partial charge < -0.3 is 14.8 Å². The first-order chi connectivity index (χ1) is 12.1. The van der Waals surface area contributed by atoms with Crippen LogP contribution < -0.4 is 10.1 Å². The van der Waals surface area contributed by atoms with Crippen LogP contribution in [0, 0.1) is 0 Å². The van der Waals surface area contributed by atoms with Gasteiger partial charge in [-0.05, 0) is 48.4 Å². The van der Waals surface area contributed by atoms with Crippen molar-refractivity contribution in [1.29, 1.82) is 0 Å². The molecule has 2 aromatic carbocycles. The fraction of sp³-hybridized carbons (Fsp3) is 0.263. The Labute approximate surface area is 151 Å². The summed E-state index contributed by atoms with van der Waals surface area (Å²) in [4.78, 5) is 23.5. The van der Waals surface area contributed by atoms with Gasteiger partial charge >= 0.3 is 5.97 Å². The molecule has 6 heteroatoms. The lowest BCUT2D eigenvalue weighted by atomic mass is 10.1. The Morgan fingerprint density at radius 2 is 1.72 bits per heavy atom. The molecular formula is C19H20ClNO4. The molecule has 0 spiro atoms. The average molecular weight is 362 g/mol. The summed E-state index contributed by atoms with van der Waals surface area (Å²) in [7, 11) is 0. The van der Waals surface area contributed by atoms with Crippen molar-refractivity contribution in [2.75, 3.05) is 19.8 Å². The number of esters is 1. The zero-order valence-corrected chi connectivity index (χ0v) is 14.7. The number of amides is 1. The monoisotopic (exact) mass is 361 g/mol. The quantitative estimate of drug-likeness (QED) is 0.579. The van der Waals surface area contributed by atoms with E-state index in [2.05, 4.69) is 5.32 Å². The first kappa shape index (κ1) is 18.8. The molecule has 0 bridgehead atoms. The Morgan fingerprint density at radius 3 is 2.36 bits per heavy atom. The molecule has 1 N–H and O–H groups in total. The summed E-state index contributed by atoms with van der Waals surface area (Å²) in [5, 5.41) is 3.25. The number of halogens is 1. The van der Waals surface area contributed by atoms with Gasteiger partial charge in [0.25, 0.3) is 5.91 Å². The fourth-order valence-corrected chi connectivity index (χ4v) is 2.16. The number of aryl methyl sites for hydroxylation is 1. The highest BCUT2D eigenvalue weighted by Gasteiger charge is 2.09. The Hall–Kier alpha value is -2.53. The number of nitrogens with one attached hydrogen (secondary N) is 1. The number of carbonyl (C=O) groups excluding carboxylic acids is 2. The lowest BCUT2D eigenvalue weighted by Crippen LogP contribution is -2.32. The minimum atomic E-state index is -0.518. The first-order valence-electron chi connectivity index (χ1n) is 7.99. The molecule has 2 rings (SSSR count). The standard InChI is InChI=1S/C19H20ClNO4/c1-2-14-3-5-15(6-4-14)19(23)25-13-18(22)21-11-12-24-17-9-7-16(20)8-10-17/h3-10H,2,11-13H2,1H3,(H,21,22). The number of ether oxygens (including phenoxy) is 2. The summed E-state index contributed by atoms with van der Waals surface area (Å²) >= 11 is 5.78. The van der Waals surface area contributed by atoms with Gasteiger partial charge in [-0.2, -0.15) is 0 Å². The van der Waals surface area contributed by atoms with E-state index in [9.17, 15) is 9.59 Å². The van der Waals surface area contributed by atoms with E-state index in [-0.39, 0.29) is 12.5 Å². The van der Waals surface area contributed by atoms with Crippen LogP contribution in [0.4, 0.5) is 0 Å². The Morgan fingerprint density at radius 1 is 1.04 bits per heavy atom. The second-order valence-corrected chi connectivity index (χ2v) is 5.72. The van der Waals surface area contributed by atoms with Crippen molar-refractivity contribution < 1.29 is 19.1 Å². The number of hydrogen-bond acceptors (Lipinski definition) is 4. The number of hydrogen-bond donors (Lipinski definition) is 1. The van der Waals surface area contributed by atoms with Crippen LogP contribution in [0.1, 0.15) is 22.8 Å². The van der Waals surface area contributed by atoms with E-state index in [1.54, 1.807) is 36.4 Å². The van der Waals surface area contributed by atoms with Crippen molar-refractivity contribution in [3.63, 3.8) is 0 Å². The van der Waals surface area contributed by atoms with Crippen LogP contribution in [0.2, 0.25) is 5.02 Å². The molecule has 0 atom stereocenters. The van der Waals surface area contributed by atoms with Crippen molar-refractivity contribution in [3.05, 3.63) is 64.7 Å². The molecule has 0 saturated heterocycles. The second-order valence-electron chi connectivity index (χ2n) is 5.28. The lowest BCUT2D eigenvalue weighted by Gasteiger charge is -2.08. The maximum absolute atomic E-state index is 11.9. The second kappa shape index (κ2) is 9.69. The van der Waals surface area contributed by atoms with Gasteiger partial charge in [-0.3, -0.25) is 4.79 Å². The Kier molecular flexibility index (Phi) is 7.29. The summed E-state index contributed by atoms with van der Waals surface area (Å²) in [5.41, 5.74) is 1.56. The molecule has 5 nitrogen and oxygen atoms in total. The number of carbonyl (C=O) groups is 2. The highest BCUT2D eigenvalue weighted by Crippen LogP contribution is 2.15. The predicted molar refractivity (Wildman–Crippen MR) is 96.1 cm³/mol. The van der Waals surface area contributed by atoms with Gasteiger partial charge in [-0.15, -0.1) is 0 Å². The molecular weight excluding hydrogens is 342 g/mol. The molecule has 0 aromatic heterocycles. The summed E-state index contributed by atoms with van der Waals surface area (Å²) < 4.78 is 10.4. The lowest BCUT2D eigenvalue weighted by molar-refractivity contribution is -0.124. The van der Waals surface area contributed by atoms with Crippen LogP contribution in [0.15, 0.2) is 48.5 Å². The zero-order valence-electron chi connectivity index (χ0n) is 14.0. The summed E-state index contributed by atoms with van der Waals surface area (Å²) in [5.74, 6) is -0.228. The van der Waals surface area contributed by atoms with Crippen molar-refractivity contribution in [2.24, 2.45) is 0 Å². The molecule has 25 heavy (non-hydrogen) atoms. The van der Waals surface area contributed by atoms with Crippen molar-refractivity contribution in [3.8, 4) is 5.75 Å². The minimum Gasteiger partial charge on any atom is -0.492 e. The molecule has 0 aliphatic rings. The third-order valence-electron chi connectivity index (χ3n) is 3.44. The SMILES string of the molecule is CCc1ccc(C(=O)OCC(=O)NCCOc2ccc(Cl)cc2)cc1. The summed E-state index contributed by atoms with van der Waals surface area (Å²) in [6.45, 7) is 2.33. The van der Waals surface area contributed by atoms with Crippen LogP contribution in [0.3, 0.4) is 0 Å². The minimum absolute atomic E-state index is 0.305. The fourth-order valence-electron chi connectivity index (χ4n) is 2.03. The van der Waals surface area contributed by atoms with Crippen molar-refractivity contribution in [1.82, 2.24) is 5.32 Å². The summed E-state index contributed by atoms with van der Waals surface area (Å²) in [6, 6.07) is 14.1. The van der Waals surface area contributed by atoms with Gasteiger partial charge in [0.2, 0.25) is 0 Å². The highest BCUT2D eigenvalue weighted by atomic mass is 35.5. The molecule has 0 aliphatic heterocycles. The smallest absolute Gasteiger partial charge is 0.338 e. The van der Waals surface area contributed by atoms with Gasteiger partial charge in [-0.1, -0.05) is 30.7 Å². The van der Waals surface area contributed by atoms with E-state index >= 15 is 0 Å². The van der Waals surface area contributed by atoms with Crippen LogP contribution in [-0.2, 0) is 16.0 Å². The van der Waals surface area contributed by atoms with Gasteiger partial charge in [-0.25, -0.2) is 4.79 Å². The van der Waals surface area contributed by atoms with E-state index in [0.717, 1.165) is 12.0 Å². The maximum atomic E-state index is 11.9. The number of benzene rings is 2. The van der Waals surface area contributed by atoms with Gasteiger partial charge in [0.1, 0.15) is 12.4 Å². The molecule has 0 fully saturated rings. The van der Waals surface area contributed by atoms with Gasteiger partial charge in [0.15, 0.2) is 6.61 Å². The van der Waals surface area contributed by atoms with Crippen LogP contribution in [0.25, 0.3) is 0 Å². The molecule has 1 amide bonds. The van der Waals surface area contributed by atoms with Crippen molar-refractivity contribution in [2.45, 2.75) is 13.3 Å². The van der Waals surface area contributed by atoms with Gasteiger partial charge in [0.05, 0.1) is 12.1 Å². The topological polar surface area (TPSA) is 64.6 Å². The molecule has 0 saturated carbocycles. The predicted octanol–water partition coefficient (Wildman–Crippen LogP) is 3.25. The third-order valence-corrected chi connectivity index (χ3v) is 3.69. The van der Waals surface area contributed by atoms with Crippen LogP contribution in [0.5, 0.6) is 5.75 Å². The van der Waals surface area contributed by atoms with Crippen LogP contribution in [-0.4, -0.2) is 31.6 Å². The maximum Gasteiger partial charge on any atom is 0.338 e. The molecule has 0 unspecified atom stereocenters. The zero-order chi connectivity index (χ0) is 18.1. The van der Waals surface area contributed by atoms with Gasteiger partial charge in [0, 0.05) is 5.02 Å². The molecule has 0 aliphatic carbocycles. The number of rotatable bonds is 8. The first-order valence-corrected chi connectivity index (χ1v) is 8.37. The molecule has 2 aromatic rings. The van der Waals surface area contributed by atoms with E-state index in [1.807, 2.05) is 19.1 Å². The Balaban J connectivity index is 1.64. The van der Waals surface area contributed by atoms with Crippen LogP contribution >= 0.6 is 11.6 Å². The molecule has 132 valence electrons. The molecule has 0 radical (unpaired) electrons. The summed E-state index contributed by atoms with van der Waals surface area (Å²) in [6.07, 6.45) is 0.899. The average Bonchev–Trinajstić information content (AvgIpc) is 2.64. The van der Waals surface area contributed by atoms with E-state index < -0.39 is 5.97 Å². The normalized spacial score (nSPS) is 10.2. The van der Waals surface area contributed by atoms with E-state index in [1.165, 1.54) is 0 Å². The highest BCUT2D eigenvalue weighted by molar-refractivity contribution is 6.30. The Bertz CT molecular complexity index is 698. The molecule has 0 heterocycles.